The Morgan fingerprint density at radius 2 is 1.88 bits per heavy atom. The number of rotatable bonds is 4. The summed E-state index contributed by atoms with van der Waals surface area (Å²) in [6, 6.07) is 12.9. The van der Waals surface area contributed by atoms with Crippen LogP contribution in [0.3, 0.4) is 0 Å². The Labute approximate surface area is 142 Å². The van der Waals surface area contributed by atoms with Gasteiger partial charge in [-0.1, -0.05) is 0 Å². The number of nitrogens with zero attached hydrogens (tertiary/aromatic N) is 1. The monoisotopic (exact) mass is 336 g/mol. The molecule has 5 nitrogen and oxygen atoms in total. The van der Waals surface area contributed by atoms with Gasteiger partial charge >= 0.3 is 0 Å². The molecule has 2 aromatic carbocycles. The summed E-state index contributed by atoms with van der Waals surface area (Å²) in [6.07, 6.45) is 3.10. The number of H-pyrrole nitrogens is 1. The predicted octanol–water partition coefficient (Wildman–Crippen LogP) is 3.84. The van der Waals surface area contributed by atoms with Gasteiger partial charge in [-0.05, 0) is 60.7 Å². The van der Waals surface area contributed by atoms with Crippen LogP contribution in [0.25, 0.3) is 17.3 Å². The summed E-state index contributed by atoms with van der Waals surface area (Å²) in [5.41, 5.74) is 2.65. The lowest BCUT2D eigenvalue weighted by Crippen LogP contribution is -1.94. The van der Waals surface area contributed by atoms with Crippen molar-refractivity contribution in [1.82, 2.24) is 10.2 Å². The number of nitrogens with one attached hydrogen (secondary N) is 1. The Hall–Kier alpha value is -3.41. The quantitative estimate of drug-likeness (QED) is 0.581. The van der Waals surface area contributed by atoms with E-state index in [-0.39, 0.29) is 18.4 Å². The summed E-state index contributed by atoms with van der Waals surface area (Å²) >= 11 is 0. The van der Waals surface area contributed by atoms with Gasteiger partial charge in [-0.3, -0.25) is 9.89 Å². The molecule has 1 aromatic heterocycles. The lowest BCUT2D eigenvalue weighted by atomic mass is 10.1. The molecule has 0 fully saturated rings. The van der Waals surface area contributed by atoms with Crippen LogP contribution in [0.1, 0.15) is 16.1 Å². The third kappa shape index (κ3) is 3.14. The molecule has 0 aliphatic carbocycles. The number of halogens is 1. The van der Waals surface area contributed by atoms with Crippen LogP contribution in [0.2, 0.25) is 0 Å². The molecule has 4 rings (SSSR count). The average molecular weight is 336 g/mol. The van der Waals surface area contributed by atoms with Crippen LogP contribution in [0.4, 0.5) is 4.39 Å². The van der Waals surface area contributed by atoms with Gasteiger partial charge in [0.15, 0.2) is 17.3 Å². The molecule has 0 atom stereocenters. The van der Waals surface area contributed by atoms with Gasteiger partial charge in [0.1, 0.15) is 5.82 Å². The van der Waals surface area contributed by atoms with Gasteiger partial charge in [0.2, 0.25) is 6.79 Å². The fourth-order valence-corrected chi connectivity index (χ4v) is 2.50. The van der Waals surface area contributed by atoms with Crippen molar-refractivity contribution in [2.75, 3.05) is 6.79 Å². The first-order valence-electron chi connectivity index (χ1n) is 7.62. The first-order chi connectivity index (χ1) is 12.2. The molecule has 0 spiro atoms. The Bertz CT molecular complexity index is 961. The van der Waals surface area contributed by atoms with Gasteiger partial charge in [-0.25, -0.2) is 4.39 Å². The molecule has 124 valence electrons. The van der Waals surface area contributed by atoms with E-state index >= 15 is 0 Å². The highest BCUT2D eigenvalue weighted by molar-refractivity contribution is 6.07. The number of hydrogen-bond acceptors (Lipinski definition) is 4. The molecule has 0 saturated heterocycles. The van der Waals surface area contributed by atoms with Crippen molar-refractivity contribution in [2.24, 2.45) is 0 Å². The summed E-state index contributed by atoms with van der Waals surface area (Å²) in [5.74, 6) is 0.752. The topological polar surface area (TPSA) is 64.2 Å². The minimum Gasteiger partial charge on any atom is -0.454 e. The molecular formula is C19H13FN2O3. The Kier molecular flexibility index (Phi) is 3.78. The predicted molar refractivity (Wildman–Crippen MR) is 89.9 cm³/mol. The van der Waals surface area contributed by atoms with Crippen molar-refractivity contribution in [3.63, 3.8) is 0 Å². The summed E-state index contributed by atoms with van der Waals surface area (Å²) in [7, 11) is 0. The fourth-order valence-electron chi connectivity index (χ4n) is 2.50. The minimum absolute atomic E-state index is 0.156. The second kappa shape index (κ2) is 6.24. The number of fused-ring (bicyclic) bond motifs is 1. The normalized spacial score (nSPS) is 12.7. The van der Waals surface area contributed by atoms with E-state index in [9.17, 15) is 9.18 Å². The van der Waals surface area contributed by atoms with E-state index in [1.165, 1.54) is 18.2 Å². The number of hydrogen-bond donors (Lipinski definition) is 1. The molecule has 0 unspecified atom stereocenters. The number of ketones is 1. The van der Waals surface area contributed by atoms with Crippen molar-refractivity contribution < 1.29 is 18.7 Å². The zero-order valence-corrected chi connectivity index (χ0v) is 13.0. The summed E-state index contributed by atoms with van der Waals surface area (Å²) in [6.45, 7) is 0.170. The highest BCUT2D eigenvalue weighted by Gasteiger charge is 2.15. The van der Waals surface area contributed by atoms with Crippen LogP contribution in [0.5, 0.6) is 11.5 Å². The molecule has 0 saturated carbocycles. The molecule has 3 aromatic rings. The number of carbonyl (C=O) groups is 1. The minimum atomic E-state index is -0.297. The second-order valence-electron chi connectivity index (χ2n) is 5.48. The highest BCUT2D eigenvalue weighted by Crippen LogP contribution is 2.32. The molecule has 25 heavy (non-hydrogen) atoms. The van der Waals surface area contributed by atoms with Crippen LogP contribution in [-0.4, -0.2) is 22.8 Å². The van der Waals surface area contributed by atoms with E-state index in [0.717, 1.165) is 5.56 Å². The number of carbonyl (C=O) groups excluding carboxylic acids is 1. The van der Waals surface area contributed by atoms with Crippen LogP contribution in [0, 0.1) is 5.82 Å². The van der Waals surface area contributed by atoms with Crippen molar-refractivity contribution in [3.05, 3.63) is 71.7 Å². The Morgan fingerprint density at radius 3 is 2.72 bits per heavy atom. The first kappa shape index (κ1) is 15.1. The van der Waals surface area contributed by atoms with Crippen molar-refractivity contribution in [2.45, 2.75) is 0 Å². The molecular weight excluding hydrogens is 323 g/mol. The number of allylic oxidation sites excluding steroid dienone is 1. The van der Waals surface area contributed by atoms with E-state index in [1.54, 1.807) is 42.5 Å². The van der Waals surface area contributed by atoms with Gasteiger partial charge in [0.05, 0.1) is 11.4 Å². The summed E-state index contributed by atoms with van der Waals surface area (Å²) in [4.78, 5) is 12.3. The number of aromatic nitrogens is 2. The fraction of sp³-hybridized carbons (Fsp3) is 0.0526. The third-order valence-corrected chi connectivity index (χ3v) is 3.81. The zero-order valence-electron chi connectivity index (χ0n) is 13.0. The van der Waals surface area contributed by atoms with Crippen molar-refractivity contribution in [1.29, 1.82) is 0 Å². The molecule has 6 heteroatoms. The SMILES string of the molecule is O=C(C=Cc1cc(-c2ccc(F)cc2)n[nH]1)c1ccc2c(c1)OCO2. The molecule has 1 aliphatic heterocycles. The average Bonchev–Trinajstić information content (AvgIpc) is 3.29. The summed E-state index contributed by atoms with van der Waals surface area (Å²) in [5, 5.41) is 7.01. The number of benzene rings is 2. The Morgan fingerprint density at radius 1 is 1.08 bits per heavy atom. The van der Waals surface area contributed by atoms with E-state index in [0.29, 0.717) is 28.5 Å². The van der Waals surface area contributed by atoms with Gasteiger partial charge in [0, 0.05) is 11.1 Å². The lowest BCUT2D eigenvalue weighted by Gasteiger charge is -1.98. The maximum Gasteiger partial charge on any atom is 0.231 e. The standard InChI is InChI=1S/C19H13FN2O3/c20-14-4-1-12(2-5-14)16-10-15(21-22-16)6-7-17(23)13-3-8-18-19(9-13)25-11-24-18/h1-10H,11H2,(H,21,22). The van der Waals surface area contributed by atoms with Gasteiger partial charge in [0.25, 0.3) is 0 Å². The molecule has 0 bridgehead atoms. The molecule has 1 aliphatic rings. The number of aromatic amines is 1. The molecule has 2 heterocycles. The largest absolute Gasteiger partial charge is 0.454 e. The van der Waals surface area contributed by atoms with Gasteiger partial charge in [-0.2, -0.15) is 5.10 Å². The van der Waals surface area contributed by atoms with E-state index in [1.807, 2.05) is 0 Å². The van der Waals surface area contributed by atoms with Gasteiger partial charge in [-0.15, -0.1) is 0 Å². The van der Waals surface area contributed by atoms with E-state index < -0.39 is 0 Å². The maximum atomic E-state index is 13.0. The Balaban J connectivity index is 1.50. The molecule has 1 N–H and O–H groups in total. The van der Waals surface area contributed by atoms with E-state index in [4.69, 9.17) is 9.47 Å². The van der Waals surface area contributed by atoms with Crippen molar-refractivity contribution >= 4 is 11.9 Å². The van der Waals surface area contributed by atoms with Crippen LogP contribution < -0.4 is 9.47 Å². The smallest absolute Gasteiger partial charge is 0.231 e. The lowest BCUT2D eigenvalue weighted by molar-refractivity contribution is 0.104. The van der Waals surface area contributed by atoms with Crippen LogP contribution in [0.15, 0.2) is 54.6 Å². The second-order valence-corrected chi connectivity index (χ2v) is 5.48. The molecule has 0 radical (unpaired) electrons. The highest BCUT2D eigenvalue weighted by atomic mass is 19.1. The zero-order chi connectivity index (χ0) is 17.2. The number of ether oxygens (including phenoxy) is 2. The van der Waals surface area contributed by atoms with E-state index in [2.05, 4.69) is 10.2 Å². The van der Waals surface area contributed by atoms with Crippen LogP contribution >= 0.6 is 0 Å². The van der Waals surface area contributed by atoms with Crippen molar-refractivity contribution in [3.8, 4) is 22.8 Å². The third-order valence-electron chi connectivity index (χ3n) is 3.81. The summed E-state index contributed by atoms with van der Waals surface area (Å²) < 4.78 is 23.5. The molecule has 0 amide bonds. The maximum absolute atomic E-state index is 13.0. The van der Waals surface area contributed by atoms with Gasteiger partial charge < -0.3 is 9.47 Å². The van der Waals surface area contributed by atoms with Crippen LogP contribution in [-0.2, 0) is 0 Å². The first-order valence-corrected chi connectivity index (χ1v) is 7.62.